The minimum atomic E-state index is 0.474. The Bertz CT molecular complexity index is 284. The molecule has 0 spiro atoms. The molecule has 0 aromatic rings. The Hall–Kier alpha value is -0.120. The van der Waals surface area contributed by atoms with Gasteiger partial charge in [0.05, 0.1) is 0 Å². The van der Waals surface area contributed by atoms with Gasteiger partial charge in [0.25, 0.3) is 0 Å². The largest absolute Gasteiger partial charge is 0.313 e. The highest BCUT2D eigenvalue weighted by atomic mass is 15.2. The molecule has 0 aromatic carbocycles. The summed E-state index contributed by atoms with van der Waals surface area (Å²) in [5, 5.41) is 3.77. The van der Waals surface area contributed by atoms with Crippen LogP contribution in [-0.4, -0.2) is 62.7 Å². The third-order valence-electron chi connectivity index (χ3n) is 5.51. The lowest BCUT2D eigenvalue weighted by molar-refractivity contribution is 0.141. The van der Waals surface area contributed by atoms with Crippen molar-refractivity contribution in [1.82, 2.24) is 15.1 Å². The molecule has 2 rings (SSSR count). The Labute approximate surface area is 126 Å². The fraction of sp³-hybridized carbons (Fsp3) is 1.00. The van der Waals surface area contributed by atoms with E-state index in [0.717, 1.165) is 12.0 Å². The molecular formula is C17H35N3. The molecule has 20 heavy (non-hydrogen) atoms. The predicted octanol–water partition coefficient (Wildman–Crippen LogP) is 2.43. The molecule has 118 valence electrons. The Morgan fingerprint density at radius 1 is 1.20 bits per heavy atom. The van der Waals surface area contributed by atoms with Gasteiger partial charge < -0.3 is 15.1 Å². The SMILES string of the molecule is CCC(CC)(CNC1CC1)CN(C)CC1CCN(C)C1. The zero-order chi connectivity index (χ0) is 14.6. The fourth-order valence-corrected chi connectivity index (χ4v) is 3.68. The van der Waals surface area contributed by atoms with Gasteiger partial charge in [0.1, 0.15) is 0 Å². The highest BCUT2D eigenvalue weighted by molar-refractivity contribution is 4.88. The van der Waals surface area contributed by atoms with Gasteiger partial charge in [0.2, 0.25) is 0 Å². The molecule has 0 bridgehead atoms. The molecule has 1 saturated carbocycles. The van der Waals surface area contributed by atoms with Gasteiger partial charge in [-0.05, 0) is 64.1 Å². The van der Waals surface area contributed by atoms with Crippen LogP contribution in [0.4, 0.5) is 0 Å². The van der Waals surface area contributed by atoms with Crippen LogP contribution in [0, 0.1) is 11.3 Å². The van der Waals surface area contributed by atoms with Crippen molar-refractivity contribution in [2.24, 2.45) is 11.3 Å². The predicted molar refractivity (Wildman–Crippen MR) is 87.1 cm³/mol. The van der Waals surface area contributed by atoms with E-state index in [1.54, 1.807) is 0 Å². The third kappa shape index (κ3) is 4.71. The summed E-state index contributed by atoms with van der Waals surface area (Å²) >= 11 is 0. The highest BCUT2D eigenvalue weighted by Gasteiger charge is 2.31. The average Bonchev–Trinajstić information content (AvgIpc) is 3.18. The molecule has 1 unspecified atom stereocenters. The second-order valence-electron chi connectivity index (χ2n) is 7.48. The molecule has 1 heterocycles. The van der Waals surface area contributed by atoms with Crippen LogP contribution in [0.5, 0.6) is 0 Å². The minimum absolute atomic E-state index is 0.474. The maximum atomic E-state index is 3.77. The zero-order valence-corrected chi connectivity index (χ0v) is 14.1. The van der Waals surface area contributed by atoms with Crippen LogP contribution in [0.3, 0.4) is 0 Å². The first-order valence-corrected chi connectivity index (χ1v) is 8.67. The smallest absolute Gasteiger partial charge is 0.00684 e. The van der Waals surface area contributed by atoms with Crippen molar-refractivity contribution in [1.29, 1.82) is 0 Å². The second-order valence-corrected chi connectivity index (χ2v) is 7.48. The van der Waals surface area contributed by atoms with Crippen molar-refractivity contribution in [3.63, 3.8) is 0 Å². The lowest BCUT2D eigenvalue weighted by Gasteiger charge is -2.37. The van der Waals surface area contributed by atoms with Gasteiger partial charge >= 0.3 is 0 Å². The van der Waals surface area contributed by atoms with E-state index in [9.17, 15) is 0 Å². The van der Waals surface area contributed by atoms with Crippen molar-refractivity contribution in [2.45, 2.75) is 52.0 Å². The number of hydrogen-bond donors (Lipinski definition) is 1. The summed E-state index contributed by atoms with van der Waals surface area (Å²) in [6.45, 7) is 11.0. The minimum Gasteiger partial charge on any atom is -0.313 e. The van der Waals surface area contributed by atoms with E-state index in [0.29, 0.717) is 5.41 Å². The van der Waals surface area contributed by atoms with Gasteiger partial charge in [0.15, 0.2) is 0 Å². The van der Waals surface area contributed by atoms with Crippen LogP contribution < -0.4 is 5.32 Å². The van der Waals surface area contributed by atoms with E-state index in [1.807, 2.05) is 0 Å². The molecule has 0 aromatic heterocycles. The number of nitrogens with zero attached hydrogens (tertiary/aromatic N) is 2. The van der Waals surface area contributed by atoms with Crippen molar-refractivity contribution in [2.75, 3.05) is 46.8 Å². The van der Waals surface area contributed by atoms with Crippen molar-refractivity contribution >= 4 is 0 Å². The zero-order valence-electron chi connectivity index (χ0n) is 14.1. The van der Waals surface area contributed by atoms with Gasteiger partial charge in [-0.3, -0.25) is 0 Å². The number of hydrogen-bond acceptors (Lipinski definition) is 3. The Morgan fingerprint density at radius 2 is 1.90 bits per heavy atom. The van der Waals surface area contributed by atoms with Gasteiger partial charge in [-0.2, -0.15) is 0 Å². The van der Waals surface area contributed by atoms with E-state index in [-0.39, 0.29) is 0 Å². The summed E-state index contributed by atoms with van der Waals surface area (Å²) in [4.78, 5) is 5.07. The first-order valence-electron chi connectivity index (χ1n) is 8.67. The molecule has 2 fully saturated rings. The molecule has 1 atom stereocenters. The fourth-order valence-electron chi connectivity index (χ4n) is 3.68. The summed E-state index contributed by atoms with van der Waals surface area (Å²) in [6, 6.07) is 0.835. The molecule has 1 N–H and O–H groups in total. The number of nitrogens with one attached hydrogen (secondary N) is 1. The van der Waals surface area contributed by atoms with E-state index in [4.69, 9.17) is 0 Å². The Kier molecular flexibility index (Phi) is 5.88. The van der Waals surface area contributed by atoms with Crippen molar-refractivity contribution in [3.8, 4) is 0 Å². The lowest BCUT2D eigenvalue weighted by Crippen LogP contribution is -2.44. The highest BCUT2D eigenvalue weighted by Crippen LogP contribution is 2.29. The Balaban J connectivity index is 1.79. The summed E-state index contributed by atoms with van der Waals surface area (Å²) in [6.07, 6.45) is 6.75. The average molecular weight is 281 g/mol. The first-order chi connectivity index (χ1) is 9.57. The number of likely N-dealkylation sites (tertiary alicyclic amines) is 1. The van der Waals surface area contributed by atoms with Gasteiger partial charge in [-0.25, -0.2) is 0 Å². The summed E-state index contributed by atoms with van der Waals surface area (Å²) in [5.74, 6) is 0.882. The van der Waals surface area contributed by atoms with Crippen LogP contribution in [-0.2, 0) is 0 Å². The monoisotopic (exact) mass is 281 g/mol. The summed E-state index contributed by atoms with van der Waals surface area (Å²) in [7, 11) is 4.58. The maximum Gasteiger partial charge on any atom is 0.00684 e. The molecule has 0 radical (unpaired) electrons. The first kappa shape index (κ1) is 16.3. The van der Waals surface area contributed by atoms with Crippen LogP contribution >= 0.6 is 0 Å². The van der Waals surface area contributed by atoms with E-state index < -0.39 is 0 Å². The summed E-state index contributed by atoms with van der Waals surface area (Å²) < 4.78 is 0. The second kappa shape index (κ2) is 7.24. The molecule has 3 heteroatoms. The van der Waals surface area contributed by atoms with Crippen LogP contribution in [0.15, 0.2) is 0 Å². The molecule has 3 nitrogen and oxygen atoms in total. The van der Waals surface area contributed by atoms with Crippen LogP contribution in [0.1, 0.15) is 46.0 Å². The maximum absolute atomic E-state index is 3.77. The molecule has 1 aliphatic carbocycles. The topological polar surface area (TPSA) is 18.5 Å². The third-order valence-corrected chi connectivity index (χ3v) is 5.51. The van der Waals surface area contributed by atoms with Gasteiger partial charge in [-0.1, -0.05) is 13.8 Å². The van der Waals surface area contributed by atoms with Gasteiger partial charge in [-0.15, -0.1) is 0 Å². The lowest BCUT2D eigenvalue weighted by atomic mass is 9.81. The quantitative estimate of drug-likeness (QED) is 0.700. The van der Waals surface area contributed by atoms with E-state index in [2.05, 4.69) is 43.1 Å². The van der Waals surface area contributed by atoms with Crippen LogP contribution in [0.25, 0.3) is 0 Å². The standard InChI is InChI=1S/C17H35N3/c1-5-17(6-2,13-18-16-7-8-16)14-20(4)12-15-9-10-19(3)11-15/h15-16,18H,5-14H2,1-4H3. The molecule has 1 saturated heterocycles. The number of rotatable bonds is 9. The molecule has 0 amide bonds. The molecular weight excluding hydrogens is 246 g/mol. The summed E-state index contributed by atoms with van der Waals surface area (Å²) in [5.41, 5.74) is 0.474. The normalized spacial score (nSPS) is 24.8. The molecule has 2 aliphatic rings. The van der Waals surface area contributed by atoms with Crippen molar-refractivity contribution < 1.29 is 0 Å². The van der Waals surface area contributed by atoms with Crippen LogP contribution in [0.2, 0.25) is 0 Å². The van der Waals surface area contributed by atoms with E-state index >= 15 is 0 Å². The van der Waals surface area contributed by atoms with Crippen molar-refractivity contribution in [3.05, 3.63) is 0 Å². The van der Waals surface area contributed by atoms with Gasteiger partial charge in [0, 0.05) is 32.2 Å². The van der Waals surface area contributed by atoms with E-state index in [1.165, 1.54) is 64.8 Å². The molecule has 1 aliphatic heterocycles. The Morgan fingerprint density at radius 3 is 2.40 bits per heavy atom.